The summed E-state index contributed by atoms with van der Waals surface area (Å²) in [6.45, 7) is 2.26. The molecule has 0 aromatic rings. The van der Waals surface area contributed by atoms with Crippen LogP contribution in [0.15, 0.2) is 48.1 Å². The lowest BCUT2D eigenvalue weighted by Crippen LogP contribution is -1.97. The zero-order chi connectivity index (χ0) is 16.0. The second-order valence-corrected chi connectivity index (χ2v) is 5.98. The Morgan fingerprint density at radius 1 is 1.14 bits per heavy atom. The first-order chi connectivity index (χ1) is 10.7. The standard InChI is InChI=1S/C20H30O2/c1-2-3-4-5-6-9-13-18-15-12-16-19(18)14-10-7-8-11-17-20(21)22/h7-8,10-11,14,16-18H,2-6,9,12-13,15H2,1H3,(H,21,22)/t18-/m0/s1. The Morgan fingerprint density at radius 3 is 2.64 bits per heavy atom. The highest BCUT2D eigenvalue weighted by atomic mass is 16.4. The first-order valence-electron chi connectivity index (χ1n) is 8.68. The number of hydrogen-bond donors (Lipinski definition) is 1. The summed E-state index contributed by atoms with van der Waals surface area (Å²) in [5.41, 5.74) is 1.46. The predicted molar refractivity (Wildman–Crippen MR) is 93.9 cm³/mol. The number of unbranched alkanes of at least 4 members (excludes halogenated alkanes) is 5. The van der Waals surface area contributed by atoms with Gasteiger partial charge in [-0.2, -0.15) is 0 Å². The fraction of sp³-hybridized carbons (Fsp3) is 0.550. The molecule has 0 amide bonds. The molecule has 0 fully saturated rings. The summed E-state index contributed by atoms with van der Waals surface area (Å²) in [4.78, 5) is 10.3. The topological polar surface area (TPSA) is 37.3 Å². The average Bonchev–Trinajstić information content (AvgIpc) is 2.93. The van der Waals surface area contributed by atoms with E-state index in [9.17, 15) is 4.79 Å². The zero-order valence-corrected chi connectivity index (χ0v) is 13.8. The summed E-state index contributed by atoms with van der Waals surface area (Å²) in [6.07, 6.45) is 24.8. The Labute approximate surface area is 135 Å². The van der Waals surface area contributed by atoms with Gasteiger partial charge in [-0.1, -0.05) is 81.9 Å². The third-order valence-corrected chi connectivity index (χ3v) is 4.13. The molecule has 2 nitrogen and oxygen atoms in total. The molecule has 2 heteroatoms. The molecule has 0 aromatic carbocycles. The van der Waals surface area contributed by atoms with Crippen LogP contribution in [0.2, 0.25) is 0 Å². The minimum absolute atomic E-state index is 0.727. The third-order valence-electron chi connectivity index (χ3n) is 4.13. The van der Waals surface area contributed by atoms with Gasteiger partial charge in [0.25, 0.3) is 0 Å². The van der Waals surface area contributed by atoms with Gasteiger partial charge >= 0.3 is 5.97 Å². The van der Waals surface area contributed by atoms with Crippen molar-refractivity contribution in [2.24, 2.45) is 5.92 Å². The van der Waals surface area contributed by atoms with Crippen LogP contribution in [0.5, 0.6) is 0 Å². The summed E-state index contributed by atoms with van der Waals surface area (Å²) >= 11 is 0. The van der Waals surface area contributed by atoms with Crippen LogP contribution in [0.4, 0.5) is 0 Å². The lowest BCUT2D eigenvalue weighted by Gasteiger charge is -2.11. The van der Waals surface area contributed by atoms with Crippen LogP contribution in [0.3, 0.4) is 0 Å². The Kier molecular flexibility index (Phi) is 10.1. The molecule has 0 radical (unpaired) electrons. The molecule has 0 aromatic heterocycles. The Balaban J connectivity index is 2.23. The van der Waals surface area contributed by atoms with Gasteiger partial charge in [0, 0.05) is 6.08 Å². The molecule has 0 unspecified atom stereocenters. The van der Waals surface area contributed by atoms with Crippen LogP contribution in [-0.2, 0) is 4.79 Å². The van der Waals surface area contributed by atoms with Crippen LogP contribution in [-0.4, -0.2) is 11.1 Å². The molecule has 1 rings (SSSR count). The Hall–Kier alpha value is -1.57. The quantitative estimate of drug-likeness (QED) is 0.296. The van der Waals surface area contributed by atoms with E-state index in [4.69, 9.17) is 5.11 Å². The van der Waals surface area contributed by atoms with Crippen LogP contribution in [0.1, 0.15) is 64.7 Å². The van der Waals surface area contributed by atoms with Crippen molar-refractivity contribution in [3.8, 4) is 0 Å². The molecule has 1 aliphatic rings. The van der Waals surface area contributed by atoms with Gasteiger partial charge in [0.1, 0.15) is 0 Å². The number of rotatable bonds is 11. The number of carbonyl (C=O) groups is 1. The third kappa shape index (κ3) is 8.66. The minimum atomic E-state index is -0.911. The van der Waals surface area contributed by atoms with Crippen LogP contribution in [0, 0.1) is 5.92 Å². The summed E-state index contributed by atoms with van der Waals surface area (Å²) in [6, 6.07) is 0. The molecular formula is C20H30O2. The van der Waals surface area contributed by atoms with E-state index in [0.717, 1.165) is 12.0 Å². The highest BCUT2D eigenvalue weighted by Crippen LogP contribution is 2.31. The van der Waals surface area contributed by atoms with Crippen molar-refractivity contribution in [3.05, 3.63) is 48.1 Å². The first-order valence-corrected chi connectivity index (χ1v) is 8.68. The van der Waals surface area contributed by atoms with Gasteiger partial charge in [-0.3, -0.25) is 0 Å². The molecule has 0 heterocycles. The number of aliphatic carboxylic acids is 1. The lowest BCUT2D eigenvalue weighted by molar-refractivity contribution is -0.131. The second-order valence-electron chi connectivity index (χ2n) is 5.98. The number of carboxylic acids is 1. The molecule has 1 atom stereocenters. The normalized spacial score (nSPS) is 18.8. The molecule has 0 aliphatic heterocycles. The van der Waals surface area contributed by atoms with Gasteiger partial charge in [0.05, 0.1) is 0 Å². The SMILES string of the molecule is CCCCCCCC[C@H]1CCC=C1C=CC=CC=CC(=O)O. The molecule has 0 saturated heterocycles. The number of hydrogen-bond acceptors (Lipinski definition) is 1. The summed E-state index contributed by atoms with van der Waals surface area (Å²) < 4.78 is 0. The predicted octanol–water partition coefficient (Wildman–Crippen LogP) is 5.83. The van der Waals surface area contributed by atoms with Crippen LogP contribution >= 0.6 is 0 Å². The molecule has 0 spiro atoms. The summed E-state index contributed by atoms with van der Waals surface area (Å²) in [5.74, 6) is -0.184. The van der Waals surface area contributed by atoms with Crippen LogP contribution < -0.4 is 0 Å². The smallest absolute Gasteiger partial charge is 0.328 e. The molecule has 122 valence electrons. The van der Waals surface area contributed by atoms with E-state index in [1.165, 1.54) is 63.4 Å². The van der Waals surface area contributed by atoms with E-state index in [0.29, 0.717) is 0 Å². The van der Waals surface area contributed by atoms with Gasteiger partial charge in [0.15, 0.2) is 0 Å². The van der Waals surface area contributed by atoms with Crippen molar-refractivity contribution in [1.29, 1.82) is 0 Å². The van der Waals surface area contributed by atoms with Crippen molar-refractivity contribution in [2.45, 2.75) is 64.7 Å². The van der Waals surface area contributed by atoms with E-state index in [1.807, 2.05) is 12.2 Å². The number of carboxylic acid groups (broad SMARTS) is 1. The van der Waals surface area contributed by atoms with Crippen molar-refractivity contribution >= 4 is 5.97 Å². The first kappa shape index (κ1) is 18.5. The largest absolute Gasteiger partial charge is 0.478 e. The fourth-order valence-electron chi connectivity index (χ4n) is 2.90. The van der Waals surface area contributed by atoms with E-state index in [1.54, 1.807) is 12.2 Å². The lowest BCUT2D eigenvalue weighted by atomic mass is 9.94. The van der Waals surface area contributed by atoms with Gasteiger partial charge in [-0.15, -0.1) is 0 Å². The maximum absolute atomic E-state index is 10.3. The van der Waals surface area contributed by atoms with Crippen molar-refractivity contribution < 1.29 is 9.90 Å². The van der Waals surface area contributed by atoms with Gasteiger partial charge < -0.3 is 5.11 Å². The average molecular weight is 302 g/mol. The minimum Gasteiger partial charge on any atom is -0.478 e. The zero-order valence-electron chi connectivity index (χ0n) is 13.8. The number of allylic oxidation sites excluding steroid dienone is 7. The summed E-state index contributed by atoms with van der Waals surface area (Å²) in [5, 5.41) is 8.48. The fourth-order valence-corrected chi connectivity index (χ4v) is 2.90. The van der Waals surface area contributed by atoms with Gasteiger partial charge in [-0.05, 0) is 30.8 Å². The molecular weight excluding hydrogens is 272 g/mol. The maximum atomic E-state index is 10.3. The molecule has 1 N–H and O–H groups in total. The van der Waals surface area contributed by atoms with Crippen molar-refractivity contribution in [1.82, 2.24) is 0 Å². The maximum Gasteiger partial charge on any atom is 0.328 e. The van der Waals surface area contributed by atoms with Crippen molar-refractivity contribution in [2.75, 3.05) is 0 Å². The molecule has 0 bridgehead atoms. The Bertz CT molecular complexity index is 427. The highest BCUT2D eigenvalue weighted by molar-refractivity contribution is 5.80. The van der Waals surface area contributed by atoms with E-state index in [2.05, 4.69) is 19.1 Å². The summed E-state index contributed by atoms with van der Waals surface area (Å²) in [7, 11) is 0. The molecule has 0 saturated carbocycles. The monoisotopic (exact) mass is 302 g/mol. The van der Waals surface area contributed by atoms with Crippen molar-refractivity contribution in [3.63, 3.8) is 0 Å². The van der Waals surface area contributed by atoms with Crippen LogP contribution in [0.25, 0.3) is 0 Å². The molecule has 22 heavy (non-hydrogen) atoms. The van der Waals surface area contributed by atoms with Gasteiger partial charge in [-0.25, -0.2) is 4.79 Å². The Morgan fingerprint density at radius 2 is 1.86 bits per heavy atom. The van der Waals surface area contributed by atoms with E-state index in [-0.39, 0.29) is 0 Å². The van der Waals surface area contributed by atoms with E-state index < -0.39 is 5.97 Å². The second kappa shape index (κ2) is 12.0. The highest BCUT2D eigenvalue weighted by Gasteiger charge is 2.16. The van der Waals surface area contributed by atoms with Gasteiger partial charge in [0.2, 0.25) is 0 Å². The molecule has 1 aliphatic carbocycles. The van der Waals surface area contributed by atoms with E-state index >= 15 is 0 Å².